The number of Topliss-reactive ketones (excluding diaryl/α,β-unsaturated/α-hetero) is 2. The Hall–Kier alpha value is -4.76. The average molecular weight is 554 g/mol. The third-order valence-corrected chi connectivity index (χ3v) is 10.2. The number of esters is 1. The van der Waals surface area contributed by atoms with Gasteiger partial charge in [-0.2, -0.15) is 5.26 Å². The van der Waals surface area contributed by atoms with Crippen molar-refractivity contribution in [1.82, 2.24) is 0 Å². The van der Waals surface area contributed by atoms with E-state index < -0.39 is 40.7 Å². The minimum atomic E-state index is -1.57. The maximum atomic E-state index is 15.5. The maximum absolute atomic E-state index is 15.5. The topological polar surface area (TPSA) is 93.5 Å². The molecule has 5 aliphatic rings. The smallest absolute Gasteiger partial charge is 0.323 e. The largest absolute Gasteiger partial charge is 0.473 e. The molecule has 6 heteroatoms. The number of rotatable bonds is 3. The number of nitrogens with zero attached hydrogens (tertiary/aromatic N) is 1. The summed E-state index contributed by atoms with van der Waals surface area (Å²) in [6.45, 7) is 1.83. The van der Waals surface area contributed by atoms with E-state index in [1.807, 2.05) is 84.9 Å². The third kappa shape index (κ3) is 2.81. The molecule has 1 saturated carbocycles. The molecule has 4 bridgehead atoms. The van der Waals surface area contributed by atoms with Crippen molar-refractivity contribution < 1.29 is 23.9 Å². The fraction of sp³-hybridized carbons (Fsp3) is 0.278. The van der Waals surface area contributed by atoms with Crippen molar-refractivity contribution in [2.45, 2.75) is 42.6 Å². The summed E-state index contributed by atoms with van der Waals surface area (Å²) in [6, 6.07) is 29.4. The first kappa shape index (κ1) is 25.0. The molecule has 4 aromatic carbocycles. The van der Waals surface area contributed by atoms with E-state index >= 15 is 4.79 Å². The van der Waals surface area contributed by atoms with Crippen LogP contribution in [0.5, 0.6) is 5.75 Å². The second kappa shape index (κ2) is 8.62. The van der Waals surface area contributed by atoms with Crippen LogP contribution in [0.4, 0.5) is 0 Å². The van der Waals surface area contributed by atoms with Crippen LogP contribution >= 0.6 is 0 Å². The Labute approximate surface area is 242 Å². The van der Waals surface area contributed by atoms with Gasteiger partial charge in [-0.25, -0.2) is 0 Å². The minimum absolute atomic E-state index is 0.0869. The number of ether oxygens (including phenoxy) is 2. The summed E-state index contributed by atoms with van der Waals surface area (Å²) >= 11 is 0. The lowest BCUT2D eigenvalue weighted by Gasteiger charge is -2.54. The van der Waals surface area contributed by atoms with Crippen molar-refractivity contribution in [3.05, 3.63) is 113 Å². The van der Waals surface area contributed by atoms with E-state index in [1.54, 1.807) is 6.92 Å². The van der Waals surface area contributed by atoms with E-state index in [0.29, 0.717) is 16.9 Å². The lowest BCUT2D eigenvalue weighted by Crippen LogP contribution is -2.66. The molecule has 2 spiro atoms. The highest BCUT2D eigenvalue weighted by Gasteiger charge is 2.75. The molecule has 0 saturated heterocycles. The maximum Gasteiger partial charge on any atom is 0.323 e. The zero-order valence-electron chi connectivity index (χ0n) is 23.0. The Morgan fingerprint density at radius 1 is 0.976 bits per heavy atom. The van der Waals surface area contributed by atoms with E-state index in [2.05, 4.69) is 6.07 Å². The van der Waals surface area contributed by atoms with E-state index in [-0.39, 0.29) is 31.0 Å². The Balaban J connectivity index is 1.52. The van der Waals surface area contributed by atoms with E-state index in [4.69, 9.17) is 9.47 Å². The van der Waals surface area contributed by atoms with Gasteiger partial charge in [0.25, 0.3) is 0 Å². The number of nitriles is 1. The molecule has 1 aliphatic heterocycles. The van der Waals surface area contributed by atoms with E-state index in [0.717, 1.165) is 27.5 Å². The normalized spacial score (nSPS) is 28.7. The summed E-state index contributed by atoms with van der Waals surface area (Å²) in [5.41, 5.74) is 0.914. The highest BCUT2D eigenvalue weighted by Crippen LogP contribution is 2.68. The Morgan fingerprint density at radius 2 is 1.69 bits per heavy atom. The van der Waals surface area contributed by atoms with Crippen LogP contribution in [0, 0.1) is 23.2 Å². The molecule has 9 rings (SSSR count). The summed E-state index contributed by atoms with van der Waals surface area (Å²) < 4.78 is 12.4. The lowest BCUT2D eigenvalue weighted by molar-refractivity contribution is -0.155. The number of fused-ring (bicyclic) bond motifs is 5. The van der Waals surface area contributed by atoms with E-state index in [9.17, 15) is 14.9 Å². The number of carbonyl (C=O) groups is 3. The first-order chi connectivity index (χ1) is 20.5. The van der Waals surface area contributed by atoms with Crippen LogP contribution in [-0.4, -0.2) is 24.1 Å². The Kier molecular flexibility index (Phi) is 5.13. The zero-order chi connectivity index (χ0) is 28.8. The number of hydrogen-bond donors (Lipinski definition) is 0. The van der Waals surface area contributed by atoms with Gasteiger partial charge in [-0.3, -0.25) is 14.4 Å². The number of carbonyl (C=O) groups excluding carboxylic acids is 3. The molecule has 6 nitrogen and oxygen atoms in total. The molecular formula is C36H27NO5. The van der Waals surface area contributed by atoms with Crippen molar-refractivity contribution in [2.24, 2.45) is 11.8 Å². The van der Waals surface area contributed by atoms with Crippen LogP contribution in [0.3, 0.4) is 0 Å². The molecule has 0 N–H and O–H groups in total. The monoisotopic (exact) mass is 553 g/mol. The van der Waals surface area contributed by atoms with Crippen molar-refractivity contribution >= 4 is 28.3 Å². The van der Waals surface area contributed by atoms with Crippen LogP contribution < -0.4 is 4.74 Å². The van der Waals surface area contributed by atoms with Gasteiger partial charge in [0, 0.05) is 35.3 Å². The number of benzene rings is 4. The minimum Gasteiger partial charge on any atom is -0.473 e. The predicted molar refractivity (Wildman–Crippen MR) is 154 cm³/mol. The summed E-state index contributed by atoms with van der Waals surface area (Å²) in [5, 5.41) is 12.4. The van der Waals surface area contributed by atoms with Gasteiger partial charge in [-0.15, -0.1) is 0 Å². The molecule has 0 radical (unpaired) electrons. The molecule has 1 unspecified atom stereocenters. The molecule has 1 fully saturated rings. The van der Waals surface area contributed by atoms with Crippen LogP contribution in [0.2, 0.25) is 0 Å². The van der Waals surface area contributed by atoms with E-state index in [1.165, 1.54) is 0 Å². The summed E-state index contributed by atoms with van der Waals surface area (Å²) in [5.74, 6) is -3.57. The molecule has 0 aromatic heterocycles. The molecule has 4 aromatic rings. The molecular weight excluding hydrogens is 526 g/mol. The second-order valence-electron chi connectivity index (χ2n) is 11.8. The quantitative estimate of drug-likeness (QED) is 0.304. The number of hydrogen-bond acceptors (Lipinski definition) is 6. The van der Waals surface area contributed by atoms with Crippen LogP contribution in [0.25, 0.3) is 10.8 Å². The first-order valence-electron chi connectivity index (χ1n) is 14.5. The Morgan fingerprint density at radius 3 is 2.48 bits per heavy atom. The van der Waals surface area contributed by atoms with Crippen LogP contribution in [0.1, 0.15) is 53.0 Å². The zero-order valence-corrected chi connectivity index (χ0v) is 23.0. The van der Waals surface area contributed by atoms with Gasteiger partial charge in [-0.1, -0.05) is 78.9 Å². The highest BCUT2D eigenvalue weighted by molar-refractivity contribution is 6.10. The third-order valence-electron chi connectivity index (χ3n) is 10.2. The summed E-state index contributed by atoms with van der Waals surface area (Å²) in [7, 11) is 0. The van der Waals surface area contributed by atoms with Crippen molar-refractivity contribution in [1.29, 1.82) is 5.26 Å². The fourth-order valence-corrected chi connectivity index (χ4v) is 8.71. The van der Waals surface area contributed by atoms with Crippen molar-refractivity contribution in [2.75, 3.05) is 6.61 Å². The molecule has 42 heavy (non-hydrogen) atoms. The molecule has 4 aliphatic carbocycles. The molecule has 6 atom stereocenters. The number of ketones is 2. The summed E-state index contributed by atoms with van der Waals surface area (Å²) in [4.78, 5) is 43.5. The molecule has 1 heterocycles. The SMILES string of the molecule is CCOC(=O)C(C#N)[C@H]1c2ccccc2[C@]23Cc4c(ccc5ccccc45)O[C@]24C(=O)C[C@@H](c2ccccc24)[C@H]1C3=O. The fourth-order valence-electron chi connectivity index (χ4n) is 8.71. The predicted octanol–water partition coefficient (Wildman–Crippen LogP) is 5.66. The first-order valence-corrected chi connectivity index (χ1v) is 14.5. The van der Waals surface area contributed by atoms with Gasteiger partial charge >= 0.3 is 5.97 Å². The van der Waals surface area contributed by atoms with Gasteiger partial charge in [0.15, 0.2) is 17.5 Å². The van der Waals surface area contributed by atoms with Gasteiger partial charge in [0.1, 0.15) is 11.2 Å². The van der Waals surface area contributed by atoms with Gasteiger partial charge in [0.2, 0.25) is 5.60 Å². The molecule has 0 amide bonds. The Bertz CT molecular complexity index is 1900. The highest BCUT2D eigenvalue weighted by atomic mass is 16.5. The second-order valence-corrected chi connectivity index (χ2v) is 11.8. The molecule has 206 valence electrons. The lowest BCUT2D eigenvalue weighted by atomic mass is 9.51. The standard InChI is InChI=1S/C36H27NO5/c1-2-41-34(40)26(19-37)31-23-12-6-7-13-27(23)35-18-25-21-10-4-3-9-20(21)15-16-29(25)42-36(35)28-14-8-5-11-22(28)24(17-30(36)38)32(31)33(35)39/h3-16,24,26,31-32H,2,17-18H2,1H3/t24-,26?,31+,32+,35-,36+/m0/s1. The van der Waals surface area contributed by atoms with Gasteiger partial charge in [0.05, 0.1) is 12.7 Å². The van der Waals surface area contributed by atoms with Crippen LogP contribution in [-0.2, 0) is 36.6 Å². The average Bonchev–Trinajstić information content (AvgIpc) is 3.11. The van der Waals surface area contributed by atoms with Gasteiger partial charge < -0.3 is 9.47 Å². The summed E-state index contributed by atoms with van der Waals surface area (Å²) in [6.07, 6.45) is 0.357. The van der Waals surface area contributed by atoms with Crippen LogP contribution in [0.15, 0.2) is 84.9 Å². The van der Waals surface area contributed by atoms with Gasteiger partial charge in [-0.05, 0) is 46.9 Å². The van der Waals surface area contributed by atoms with Crippen molar-refractivity contribution in [3.63, 3.8) is 0 Å². The van der Waals surface area contributed by atoms with Crippen molar-refractivity contribution in [3.8, 4) is 11.8 Å².